The topological polar surface area (TPSA) is 42.2 Å². The first kappa shape index (κ1) is 9.93. The van der Waals surface area contributed by atoms with Crippen molar-refractivity contribution in [1.82, 2.24) is 4.98 Å². The zero-order valence-corrected chi connectivity index (χ0v) is 9.60. The molecule has 2 heterocycles. The minimum atomic E-state index is 0.397. The van der Waals surface area contributed by atoms with E-state index in [0.29, 0.717) is 6.04 Å². The molecule has 3 nitrogen and oxygen atoms in total. The average molecular weight is 211 g/mol. The van der Waals surface area contributed by atoms with Gasteiger partial charge in [0.25, 0.3) is 0 Å². The van der Waals surface area contributed by atoms with Crippen LogP contribution in [0.2, 0.25) is 0 Å². The number of rotatable bonds is 1. The standard InChI is InChI=1S/C10H17N3S/c1-7-8(2)14-10(12-7)13-5-3-9(11)4-6-13/h9H,3-6,11H2,1-2H3. The van der Waals surface area contributed by atoms with Crippen LogP contribution < -0.4 is 10.6 Å². The third-order valence-electron chi connectivity index (χ3n) is 2.83. The van der Waals surface area contributed by atoms with Crippen LogP contribution in [-0.4, -0.2) is 24.1 Å². The number of aryl methyl sites for hydroxylation is 2. The number of hydrogen-bond acceptors (Lipinski definition) is 4. The maximum atomic E-state index is 5.87. The Hall–Kier alpha value is -0.610. The van der Waals surface area contributed by atoms with Gasteiger partial charge in [-0.2, -0.15) is 0 Å². The van der Waals surface area contributed by atoms with Crippen molar-refractivity contribution in [3.63, 3.8) is 0 Å². The fourth-order valence-corrected chi connectivity index (χ4v) is 2.64. The van der Waals surface area contributed by atoms with E-state index in [1.54, 1.807) is 11.3 Å². The van der Waals surface area contributed by atoms with Gasteiger partial charge in [0, 0.05) is 24.0 Å². The molecule has 14 heavy (non-hydrogen) atoms. The molecule has 1 aliphatic rings. The van der Waals surface area contributed by atoms with E-state index in [2.05, 4.69) is 23.7 Å². The van der Waals surface area contributed by atoms with E-state index in [4.69, 9.17) is 5.73 Å². The molecule has 0 aromatic carbocycles. The molecule has 0 unspecified atom stereocenters. The SMILES string of the molecule is Cc1nc(N2CCC(N)CC2)sc1C. The Bertz CT molecular complexity index is 294. The van der Waals surface area contributed by atoms with Gasteiger partial charge in [0.15, 0.2) is 5.13 Å². The number of hydrogen-bond donors (Lipinski definition) is 1. The highest BCUT2D eigenvalue weighted by Gasteiger charge is 2.18. The highest BCUT2D eigenvalue weighted by Crippen LogP contribution is 2.27. The third-order valence-corrected chi connectivity index (χ3v) is 3.96. The van der Waals surface area contributed by atoms with Crippen molar-refractivity contribution >= 4 is 16.5 Å². The molecule has 0 saturated carbocycles. The lowest BCUT2D eigenvalue weighted by Crippen LogP contribution is -2.39. The van der Waals surface area contributed by atoms with Crippen molar-refractivity contribution in [2.24, 2.45) is 5.73 Å². The minimum Gasteiger partial charge on any atom is -0.348 e. The molecule has 1 fully saturated rings. The van der Waals surface area contributed by atoms with Gasteiger partial charge in [0.1, 0.15) is 0 Å². The van der Waals surface area contributed by atoms with Gasteiger partial charge in [0.2, 0.25) is 0 Å². The minimum absolute atomic E-state index is 0.397. The summed E-state index contributed by atoms with van der Waals surface area (Å²) in [5.74, 6) is 0. The zero-order valence-electron chi connectivity index (χ0n) is 8.79. The van der Waals surface area contributed by atoms with Crippen LogP contribution in [0.4, 0.5) is 5.13 Å². The number of piperidine rings is 1. The van der Waals surface area contributed by atoms with Crippen molar-refractivity contribution < 1.29 is 0 Å². The molecule has 0 radical (unpaired) electrons. The predicted octanol–water partition coefficient (Wildman–Crippen LogP) is 1.69. The maximum Gasteiger partial charge on any atom is 0.185 e. The number of aromatic nitrogens is 1. The molecule has 0 aliphatic carbocycles. The van der Waals surface area contributed by atoms with E-state index >= 15 is 0 Å². The lowest BCUT2D eigenvalue weighted by atomic mass is 10.1. The van der Waals surface area contributed by atoms with Crippen LogP contribution in [0, 0.1) is 13.8 Å². The highest BCUT2D eigenvalue weighted by molar-refractivity contribution is 7.15. The van der Waals surface area contributed by atoms with E-state index in [1.807, 2.05) is 0 Å². The third kappa shape index (κ3) is 1.91. The Morgan fingerprint density at radius 2 is 2.00 bits per heavy atom. The quantitative estimate of drug-likeness (QED) is 0.768. The summed E-state index contributed by atoms with van der Waals surface area (Å²) in [6.45, 7) is 6.33. The first-order valence-corrected chi connectivity index (χ1v) is 5.93. The smallest absolute Gasteiger partial charge is 0.185 e. The summed E-state index contributed by atoms with van der Waals surface area (Å²) in [7, 11) is 0. The molecule has 0 atom stereocenters. The summed E-state index contributed by atoms with van der Waals surface area (Å²) in [6.07, 6.45) is 2.19. The van der Waals surface area contributed by atoms with Crippen molar-refractivity contribution in [2.45, 2.75) is 32.7 Å². The monoisotopic (exact) mass is 211 g/mol. The van der Waals surface area contributed by atoms with Gasteiger partial charge >= 0.3 is 0 Å². The van der Waals surface area contributed by atoms with Gasteiger partial charge in [-0.25, -0.2) is 4.98 Å². The van der Waals surface area contributed by atoms with E-state index in [0.717, 1.165) is 25.9 Å². The Labute approximate surface area is 88.9 Å². The summed E-state index contributed by atoms with van der Waals surface area (Å²) >= 11 is 1.80. The second-order valence-corrected chi connectivity index (χ2v) is 5.14. The molecular weight excluding hydrogens is 194 g/mol. The lowest BCUT2D eigenvalue weighted by molar-refractivity contribution is 0.500. The number of nitrogens with zero attached hydrogens (tertiary/aromatic N) is 2. The van der Waals surface area contributed by atoms with Crippen LogP contribution in [0.5, 0.6) is 0 Å². The molecule has 1 aromatic heterocycles. The summed E-state index contributed by atoms with van der Waals surface area (Å²) in [5.41, 5.74) is 7.03. The second-order valence-electron chi connectivity index (χ2n) is 3.96. The molecule has 0 bridgehead atoms. The number of anilines is 1. The molecule has 2 N–H and O–H groups in total. The van der Waals surface area contributed by atoms with Crippen LogP contribution in [0.25, 0.3) is 0 Å². The van der Waals surface area contributed by atoms with Crippen molar-refractivity contribution in [2.75, 3.05) is 18.0 Å². The Kier molecular flexibility index (Phi) is 2.74. The second kappa shape index (κ2) is 3.87. The molecule has 78 valence electrons. The number of nitrogens with two attached hydrogens (primary N) is 1. The van der Waals surface area contributed by atoms with Crippen LogP contribution in [-0.2, 0) is 0 Å². The summed E-state index contributed by atoms with van der Waals surface area (Å²) < 4.78 is 0. The fourth-order valence-electron chi connectivity index (χ4n) is 1.68. The Morgan fingerprint density at radius 1 is 1.36 bits per heavy atom. The summed E-state index contributed by atoms with van der Waals surface area (Å²) in [4.78, 5) is 8.25. The van der Waals surface area contributed by atoms with Crippen molar-refractivity contribution in [1.29, 1.82) is 0 Å². The first-order valence-electron chi connectivity index (χ1n) is 5.11. The van der Waals surface area contributed by atoms with Gasteiger partial charge in [0.05, 0.1) is 5.69 Å². The molecule has 1 aromatic rings. The lowest BCUT2D eigenvalue weighted by Gasteiger charge is -2.29. The molecule has 4 heteroatoms. The van der Waals surface area contributed by atoms with E-state index < -0.39 is 0 Å². The molecule has 2 rings (SSSR count). The van der Waals surface area contributed by atoms with E-state index in [-0.39, 0.29) is 0 Å². The van der Waals surface area contributed by atoms with E-state index in [1.165, 1.54) is 15.7 Å². The molecule has 1 saturated heterocycles. The Balaban J connectivity index is 2.08. The first-order chi connectivity index (χ1) is 6.66. The van der Waals surface area contributed by atoms with Crippen molar-refractivity contribution in [3.8, 4) is 0 Å². The summed E-state index contributed by atoms with van der Waals surface area (Å²) in [5, 5.41) is 1.17. The van der Waals surface area contributed by atoms with Crippen LogP contribution in [0.3, 0.4) is 0 Å². The van der Waals surface area contributed by atoms with Gasteiger partial charge in [-0.15, -0.1) is 11.3 Å². The predicted molar refractivity (Wildman–Crippen MR) is 61.0 cm³/mol. The maximum absolute atomic E-state index is 5.87. The fraction of sp³-hybridized carbons (Fsp3) is 0.700. The number of thiazole rings is 1. The van der Waals surface area contributed by atoms with Crippen LogP contribution in [0.15, 0.2) is 0 Å². The van der Waals surface area contributed by atoms with Gasteiger partial charge in [-0.3, -0.25) is 0 Å². The molecule has 0 spiro atoms. The van der Waals surface area contributed by atoms with Gasteiger partial charge in [-0.05, 0) is 26.7 Å². The normalized spacial score (nSPS) is 18.9. The van der Waals surface area contributed by atoms with Crippen molar-refractivity contribution in [3.05, 3.63) is 10.6 Å². The largest absolute Gasteiger partial charge is 0.348 e. The van der Waals surface area contributed by atoms with Gasteiger partial charge < -0.3 is 10.6 Å². The van der Waals surface area contributed by atoms with Crippen LogP contribution in [0.1, 0.15) is 23.4 Å². The molecule has 1 aliphatic heterocycles. The highest BCUT2D eigenvalue weighted by atomic mass is 32.1. The molecular formula is C10H17N3S. The van der Waals surface area contributed by atoms with Gasteiger partial charge in [-0.1, -0.05) is 0 Å². The molecule has 0 amide bonds. The van der Waals surface area contributed by atoms with E-state index in [9.17, 15) is 0 Å². The summed E-state index contributed by atoms with van der Waals surface area (Å²) in [6, 6.07) is 0.397. The Morgan fingerprint density at radius 3 is 2.50 bits per heavy atom. The van der Waals surface area contributed by atoms with Crippen LogP contribution >= 0.6 is 11.3 Å². The zero-order chi connectivity index (χ0) is 10.1. The average Bonchev–Trinajstić information content (AvgIpc) is 2.48.